The van der Waals surface area contributed by atoms with Gasteiger partial charge in [-0.15, -0.1) is 0 Å². The van der Waals surface area contributed by atoms with Crippen molar-refractivity contribution in [2.24, 2.45) is 0 Å². The van der Waals surface area contributed by atoms with Crippen molar-refractivity contribution in [3.8, 4) is 0 Å². The number of rotatable bonds is 10. The topological polar surface area (TPSA) is 67.4 Å². The molecule has 0 saturated heterocycles. The van der Waals surface area contributed by atoms with E-state index in [1.165, 1.54) is 0 Å². The molecule has 0 aliphatic carbocycles. The summed E-state index contributed by atoms with van der Waals surface area (Å²) in [5, 5.41) is 5.75. The van der Waals surface area contributed by atoms with E-state index in [0.29, 0.717) is 0 Å². The highest BCUT2D eigenvalue weighted by molar-refractivity contribution is 7.87. The predicted octanol–water partition coefficient (Wildman–Crippen LogP) is 1.61. The fourth-order valence-corrected chi connectivity index (χ4v) is 2.25. The summed E-state index contributed by atoms with van der Waals surface area (Å²) < 4.78 is 62.3. The molecule has 0 aromatic carbocycles. The van der Waals surface area contributed by atoms with Crippen molar-refractivity contribution in [3.63, 3.8) is 0 Å². The first-order chi connectivity index (χ1) is 9.19. The molecule has 0 radical (unpaired) electrons. The van der Waals surface area contributed by atoms with Gasteiger partial charge in [0.05, 0.1) is 6.61 Å². The fourth-order valence-electron chi connectivity index (χ4n) is 1.79. The molecule has 0 aliphatic heterocycles. The van der Waals surface area contributed by atoms with Gasteiger partial charge >= 0.3 is 15.6 Å². The summed E-state index contributed by atoms with van der Waals surface area (Å²) in [5.74, 6) is 0. The molecule has 9 heteroatoms. The summed E-state index contributed by atoms with van der Waals surface area (Å²) in [5.41, 5.74) is -5.39. The second kappa shape index (κ2) is 8.81. The van der Waals surface area contributed by atoms with Crippen molar-refractivity contribution in [2.75, 3.05) is 20.7 Å². The number of hydrogen-bond donors (Lipinski definition) is 2. The van der Waals surface area contributed by atoms with Crippen LogP contribution in [0.1, 0.15) is 32.6 Å². The van der Waals surface area contributed by atoms with Gasteiger partial charge in [-0.1, -0.05) is 26.2 Å². The molecule has 0 saturated carbocycles. The fraction of sp³-hybridized carbons (Fsp3) is 1.00. The van der Waals surface area contributed by atoms with Gasteiger partial charge in [0.15, 0.2) is 0 Å². The highest BCUT2D eigenvalue weighted by atomic mass is 32.2. The standard InChI is InChI=1S/C11H23F3N2O3S/c1-4-5-6-7-9(15-2)10(16-3)8-19-20(17,18)11(12,13)14/h9-10,15-16H,4-8H2,1-3H3. The van der Waals surface area contributed by atoms with Crippen LogP contribution in [0.4, 0.5) is 13.2 Å². The number of alkyl halides is 3. The van der Waals surface area contributed by atoms with E-state index in [1.54, 1.807) is 14.1 Å². The maximum absolute atomic E-state index is 12.2. The maximum Gasteiger partial charge on any atom is 0.523 e. The van der Waals surface area contributed by atoms with Crippen LogP contribution in [-0.2, 0) is 14.3 Å². The highest BCUT2D eigenvalue weighted by Crippen LogP contribution is 2.24. The van der Waals surface area contributed by atoms with E-state index in [0.717, 1.165) is 25.7 Å². The molecule has 0 aromatic rings. The summed E-state index contributed by atoms with van der Waals surface area (Å²) >= 11 is 0. The van der Waals surface area contributed by atoms with Crippen LogP contribution in [0.2, 0.25) is 0 Å². The van der Waals surface area contributed by atoms with Crippen LogP contribution in [0, 0.1) is 0 Å². The maximum atomic E-state index is 12.2. The summed E-state index contributed by atoms with van der Waals surface area (Å²) in [6, 6.07) is -0.677. The van der Waals surface area contributed by atoms with Crippen molar-refractivity contribution < 1.29 is 25.8 Å². The van der Waals surface area contributed by atoms with Gasteiger partial charge in [0.25, 0.3) is 0 Å². The molecule has 2 unspecified atom stereocenters. The second-order valence-electron chi connectivity index (χ2n) is 4.47. The van der Waals surface area contributed by atoms with Crippen LogP contribution >= 0.6 is 0 Å². The summed E-state index contributed by atoms with van der Waals surface area (Å²) in [7, 11) is -2.30. The normalized spacial score (nSPS) is 16.1. The van der Waals surface area contributed by atoms with Crippen LogP contribution < -0.4 is 10.6 Å². The molecule has 122 valence electrons. The summed E-state index contributed by atoms with van der Waals surface area (Å²) in [6.07, 6.45) is 3.67. The third-order valence-corrected chi connectivity index (χ3v) is 4.05. The van der Waals surface area contributed by atoms with Crippen LogP contribution in [-0.4, -0.2) is 46.7 Å². The Morgan fingerprint density at radius 3 is 2.05 bits per heavy atom. The van der Waals surface area contributed by atoms with E-state index < -0.39 is 28.3 Å². The number of likely N-dealkylation sites (N-methyl/N-ethyl adjacent to an activating group) is 2. The first kappa shape index (κ1) is 19.6. The van der Waals surface area contributed by atoms with Gasteiger partial charge in [-0.05, 0) is 20.5 Å². The molecule has 2 atom stereocenters. The minimum Gasteiger partial charge on any atom is -0.315 e. The van der Waals surface area contributed by atoms with E-state index in [2.05, 4.69) is 14.8 Å². The van der Waals surface area contributed by atoms with Crippen LogP contribution in [0.3, 0.4) is 0 Å². The van der Waals surface area contributed by atoms with Crippen molar-refractivity contribution in [1.82, 2.24) is 10.6 Å². The lowest BCUT2D eigenvalue weighted by Crippen LogP contribution is -2.49. The van der Waals surface area contributed by atoms with Gasteiger partial charge < -0.3 is 10.6 Å². The second-order valence-corrected chi connectivity index (χ2v) is 6.08. The minimum atomic E-state index is -5.54. The summed E-state index contributed by atoms with van der Waals surface area (Å²) in [6.45, 7) is 1.49. The van der Waals surface area contributed by atoms with Crippen molar-refractivity contribution in [1.29, 1.82) is 0 Å². The van der Waals surface area contributed by atoms with E-state index >= 15 is 0 Å². The van der Waals surface area contributed by atoms with Gasteiger partial charge in [-0.3, -0.25) is 4.18 Å². The van der Waals surface area contributed by atoms with Crippen molar-refractivity contribution in [2.45, 2.75) is 50.2 Å². The molecule has 0 rings (SSSR count). The number of hydrogen-bond acceptors (Lipinski definition) is 5. The Kier molecular flexibility index (Phi) is 8.64. The predicted molar refractivity (Wildman–Crippen MR) is 70.8 cm³/mol. The Bertz CT molecular complexity index is 360. The van der Waals surface area contributed by atoms with Crippen molar-refractivity contribution >= 4 is 10.1 Å². The first-order valence-corrected chi connectivity index (χ1v) is 7.90. The highest BCUT2D eigenvalue weighted by Gasteiger charge is 2.47. The Hall–Kier alpha value is -0.380. The van der Waals surface area contributed by atoms with Gasteiger partial charge in [0, 0.05) is 12.1 Å². The molecule has 0 amide bonds. The van der Waals surface area contributed by atoms with E-state index in [9.17, 15) is 21.6 Å². The lowest BCUT2D eigenvalue weighted by molar-refractivity contribution is -0.0548. The minimum absolute atomic E-state index is 0.157. The third-order valence-electron chi connectivity index (χ3n) is 3.03. The number of halogens is 3. The zero-order valence-electron chi connectivity index (χ0n) is 12.0. The zero-order valence-corrected chi connectivity index (χ0v) is 12.8. The van der Waals surface area contributed by atoms with Gasteiger partial charge in [0.2, 0.25) is 0 Å². The number of unbranched alkanes of at least 4 members (excludes halogenated alkanes) is 2. The van der Waals surface area contributed by atoms with E-state index in [4.69, 9.17) is 0 Å². The van der Waals surface area contributed by atoms with E-state index in [1.807, 2.05) is 6.92 Å². The molecule has 0 bridgehead atoms. The quantitative estimate of drug-likeness (QED) is 0.364. The lowest BCUT2D eigenvalue weighted by atomic mass is 10.0. The van der Waals surface area contributed by atoms with Crippen LogP contribution in [0.25, 0.3) is 0 Å². The third kappa shape index (κ3) is 6.38. The Balaban J connectivity index is 4.52. The molecule has 0 fully saturated rings. The SMILES string of the molecule is CCCCCC(NC)C(COS(=O)(=O)C(F)(F)F)NC. The molecule has 5 nitrogen and oxygen atoms in total. The lowest BCUT2D eigenvalue weighted by Gasteiger charge is -2.26. The molecule has 20 heavy (non-hydrogen) atoms. The molecule has 0 heterocycles. The Labute approximate surface area is 118 Å². The molecule has 0 aliphatic rings. The van der Waals surface area contributed by atoms with Crippen LogP contribution in [0.5, 0.6) is 0 Å². The first-order valence-electron chi connectivity index (χ1n) is 6.49. The molecular weight excluding hydrogens is 297 g/mol. The van der Waals surface area contributed by atoms with Crippen LogP contribution in [0.15, 0.2) is 0 Å². The average Bonchev–Trinajstić information content (AvgIpc) is 2.35. The Morgan fingerprint density at radius 2 is 1.65 bits per heavy atom. The number of nitrogens with one attached hydrogen (secondary N) is 2. The van der Waals surface area contributed by atoms with Gasteiger partial charge in [-0.25, -0.2) is 0 Å². The zero-order chi connectivity index (χ0) is 15.8. The Morgan fingerprint density at radius 1 is 1.10 bits per heavy atom. The largest absolute Gasteiger partial charge is 0.523 e. The van der Waals surface area contributed by atoms with Crippen molar-refractivity contribution in [3.05, 3.63) is 0 Å². The monoisotopic (exact) mass is 320 g/mol. The smallest absolute Gasteiger partial charge is 0.315 e. The molecule has 0 spiro atoms. The van der Waals surface area contributed by atoms with Gasteiger partial charge in [0.1, 0.15) is 0 Å². The average molecular weight is 320 g/mol. The molecular formula is C11H23F3N2O3S. The summed E-state index contributed by atoms with van der Waals surface area (Å²) in [4.78, 5) is 0. The molecule has 2 N–H and O–H groups in total. The molecule has 0 aromatic heterocycles. The van der Waals surface area contributed by atoms with E-state index in [-0.39, 0.29) is 6.04 Å². The van der Waals surface area contributed by atoms with Gasteiger partial charge in [-0.2, -0.15) is 21.6 Å².